The molecule has 0 aromatic heterocycles. The molecule has 0 saturated heterocycles. The Labute approximate surface area is 154 Å². The van der Waals surface area contributed by atoms with Crippen molar-refractivity contribution in [2.24, 2.45) is 4.99 Å². The minimum absolute atomic E-state index is 0.235. The summed E-state index contributed by atoms with van der Waals surface area (Å²) in [5.74, 6) is 0.377. The first-order valence-electron chi connectivity index (χ1n) is 8.36. The van der Waals surface area contributed by atoms with E-state index >= 15 is 0 Å². The van der Waals surface area contributed by atoms with Crippen molar-refractivity contribution >= 4 is 15.8 Å². The summed E-state index contributed by atoms with van der Waals surface area (Å²) in [6.07, 6.45) is 1.18. The van der Waals surface area contributed by atoms with Crippen LogP contribution in [0.5, 0.6) is 0 Å². The highest BCUT2D eigenvalue weighted by molar-refractivity contribution is 7.90. The summed E-state index contributed by atoms with van der Waals surface area (Å²) < 4.78 is 36.6. The number of aliphatic imine (C=N–C) groups is 1. The molecular formula is C19H24FN3O2S. The maximum Gasteiger partial charge on any atom is 0.191 e. The van der Waals surface area contributed by atoms with E-state index in [1.54, 1.807) is 37.3 Å². The highest BCUT2D eigenvalue weighted by Gasteiger charge is 2.06. The summed E-state index contributed by atoms with van der Waals surface area (Å²) in [7, 11) is -3.19. The van der Waals surface area contributed by atoms with E-state index in [1.165, 1.54) is 12.3 Å². The van der Waals surface area contributed by atoms with E-state index in [9.17, 15) is 12.8 Å². The molecule has 0 aliphatic rings. The second kappa shape index (κ2) is 8.80. The van der Waals surface area contributed by atoms with Crippen LogP contribution in [-0.2, 0) is 22.9 Å². The number of benzene rings is 2. The third-order valence-electron chi connectivity index (χ3n) is 3.81. The third-order valence-corrected chi connectivity index (χ3v) is 4.94. The van der Waals surface area contributed by atoms with E-state index in [2.05, 4.69) is 15.6 Å². The Morgan fingerprint density at radius 3 is 2.31 bits per heavy atom. The maximum atomic E-state index is 13.6. The SMILES string of the molecule is CCNC(=NCc1ccc(C)c(F)c1)NCc1ccc(S(C)(=O)=O)cc1. The van der Waals surface area contributed by atoms with Gasteiger partial charge in [0.25, 0.3) is 0 Å². The van der Waals surface area contributed by atoms with Crippen molar-refractivity contribution in [2.45, 2.75) is 31.8 Å². The number of aryl methyl sites for hydroxylation is 1. The van der Waals surface area contributed by atoms with E-state index in [4.69, 9.17) is 0 Å². The van der Waals surface area contributed by atoms with Gasteiger partial charge in [0.15, 0.2) is 15.8 Å². The molecule has 0 heterocycles. The Morgan fingerprint density at radius 2 is 1.73 bits per heavy atom. The van der Waals surface area contributed by atoms with Crippen molar-refractivity contribution in [3.63, 3.8) is 0 Å². The van der Waals surface area contributed by atoms with Gasteiger partial charge in [-0.3, -0.25) is 0 Å². The normalized spacial score (nSPS) is 12.1. The second-order valence-electron chi connectivity index (χ2n) is 6.05. The van der Waals surface area contributed by atoms with Crippen molar-refractivity contribution in [3.8, 4) is 0 Å². The first-order valence-corrected chi connectivity index (χ1v) is 10.2. The Balaban J connectivity index is 2.01. The molecule has 2 N–H and O–H groups in total. The molecule has 2 rings (SSSR count). The summed E-state index contributed by atoms with van der Waals surface area (Å²) >= 11 is 0. The highest BCUT2D eigenvalue weighted by Crippen LogP contribution is 2.11. The number of hydrogen-bond donors (Lipinski definition) is 2. The molecule has 0 radical (unpaired) electrons. The molecule has 2 aromatic carbocycles. The molecule has 26 heavy (non-hydrogen) atoms. The standard InChI is InChI=1S/C19H24FN3O2S/c1-4-21-19(23-13-16-6-5-14(2)18(20)11-16)22-12-15-7-9-17(10-8-15)26(3,24)25/h5-11H,4,12-13H2,1-3H3,(H2,21,22,23). The van der Waals surface area contributed by atoms with Gasteiger partial charge in [-0.15, -0.1) is 0 Å². The highest BCUT2D eigenvalue weighted by atomic mass is 32.2. The van der Waals surface area contributed by atoms with Crippen LogP contribution in [0.2, 0.25) is 0 Å². The van der Waals surface area contributed by atoms with Crippen molar-refractivity contribution in [2.75, 3.05) is 12.8 Å². The van der Waals surface area contributed by atoms with Gasteiger partial charge in [-0.2, -0.15) is 0 Å². The molecule has 140 valence electrons. The fraction of sp³-hybridized carbons (Fsp3) is 0.316. The van der Waals surface area contributed by atoms with E-state index in [-0.39, 0.29) is 5.82 Å². The lowest BCUT2D eigenvalue weighted by atomic mass is 10.1. The van der Waals surface area contributed by atoms with Gasteiger partial charge in [0.05, 0.1) is 11.4 Å². The predicted octanol–water partition coefficient (Wildman–Crippen LogP) is 2.79. The molecule has 0 saturated carbocycles. The van der Waals surface area contributed by atoms with Gasteiger partial charge in [0.2, 0.25) is 0 Å². The minimum Gasteiger partial charge on any atom is -0.357 e. The second-order valence-corrected chi connectivity index (χ2v) is 8.06. The van der Waals surface area contributed by atoms with Crippen LogP contribution in [0.25, 0.3) is 0 Å². The van der Waals surface area contributed by atoms with Crippen LogP contribution in [0, 0.1) is 12.7 Å². The van der Waals surface area contributed by atoms with Crippen LogP contribution in [0.4, 0.5) is 4.39 Å². The van der Waals surface area contributed by atoms with E-state index in [0.29, 0.717) is 36.1 Å². The van der Waals surface area contributed by atoms with Crippen LogP contribution < -0.4 is 10.6 Å². The largest absolute Gasteiger partial charge is 0.357 e. The van der Waals surface area contributed by atoms with E-state index in [1.807, 2.05) is 13.0 Å². The Hall–Kier alpha value is -2.41. The topological polar surface area (TPSA) is 70.6 Å². The number of rotatable bonds is 6. The summed E-state index contributed by atoms with van der Waals surface area (Å²) in [5.41, 5.74) is 2.34. The Morgan fingerprint density at radius 1 is 1.08 bits per heavy atom. The van der Waals surface area contributed by atoms with Crippen LogP contribution in [0.1, 0.15) is 23.6 Å². The summed E-state index contributed by atoms with van der Waals surface area (Å²) in [6, 6.07) is 11.8. The van der Waals surface area contributed by atoms with Crippen molar-refractivity contribution in [1.29, 1.82) is 0 Å². The van der Waals surface area contributed by atoms with Crippen molar-refractivity contribution in [3.05, 3.63) is 65.0 Å². The predicted molar refractivity (Wildman–Crippen MR) is 102 cm³/mol. The monoisotopic (exact) mass is 377 g/mol. The zero-order chi connectivity index (χ0) is 19.2. The lowest BCUT2D eigenvalue weighted by Crippen LogP contribution is -2.36. The molecule has 0 aliphatic heterocycles. The smallest absolute Gasteiger partial charge is 0.191 e. The lowest BCUT2D eigenvalue weighted by molar-refractivity contribution is 0.602. The molecule has 0 bridgehead atoms. The molecule has 5 nitrogen and oxygen atoms in total. The third kappa shape index (κ3) is 5.84. The molecule has 0 unspecified atom stereocenters. The van der Waals surface area contributed by atoms with Crippen LogP contribution in [-0.4, -0.2) is 27.2 Å². The van der Waals surface area contributed by atoms with Crippen molar-refractivity contribution < 1.29 is 12.8 Å². The zero-order valence-electron chi connectivity index (χ0n) is 15.2. The van der Waals surface area contributed by atoms with Gasteiger partial charge in [-0.25, -0.2) is 17.8 Å². The van der Waals surface area contributed by atoms with Crippen LogP contribution in [0.15, 0.2) is 52.4 Å². The Bertz CT molecular complexity index is 878. The van der Waals surface area contributed by atoms with Gasteiger partial charge in [-0.05, 0) is 48.7 Å². The summed E-state index contributed by atoms with van der Waals surface area (Å²) in [6.45, 7) is 5.24. The summed E-state index contributed by atoms with van der Waals surface area (Å²) in [4.78, 5) is 4.75. The molecule has 0 fully saturated rings. The van der Waals surface area contributed by atoms with Gasteiger partial charge >= 0.3 is 0 Å². The van der Waals surface area contributed by atoms with E-state index < -0.39 is 9.84 Å². The van der Waals surface area contributed by atoms with E-state index in [0.717, 1.165) is 11.1 Å². The summed E-state index contributed by atoms with van der Waals surface area (Å²) in [5, 5.41) is 6.32. The van der Waals surface area contributed by atoms with Gasteiger partial charge in [0, 0.05) is 19.3 Å². The van der Waals surface area contributed by atoms with Crippen molar-refractivity contribution in [1.82, 2.24) is 10.6 Å². The molecule has 0 spiro atoms. The Kier molecular flexibility index (Phi) is 6.74. The van der Waals surface area contributed by atoms with Crippen LogP contribution >= 0.6 is 0 Å². The first kappa shape index (κ1) is 19.9. The average Bonchev–Trinajstić information content (AvgIpc) is 2.60. The van der Waals surface area contributed by atoms with Gasteiger partial charge < -0.3 is 10.6 Å². The zero-order valence-corrected chi connectivity index (χ0v) is 16.0. The molecule has 2 aromatic rings. The number of sulfone groups is 1. The number of nitrogens with one attached hydrogen (secondary N) is 2. The molecule has 0 amide bonds. The maximum absolute atomic E-state index is 13.6. The first-order chi connectivity index (χ1) is 12.3. The number of guanidine groups is 1. The molecule has 0 aliphatic carbocycles. The molecule has 7 heteroatoms. The quantitative estimate of drug-likeness (QED) is 0.600. The minimum atomic E-state index is -3.19. The molecule has 0 atom stereocenters. The van der Waals surface area contributed by atoms with Crippen LogP contribution in [0.3, 0.4) is 0 Å². The number of hydrogen-bond acceptors (Lipinski definition) is 3. The van der Waals surface area contributed by atoms with Gasteiger partial charge in [0.1, 0.15) is 5.82 Å². The van der Waals surface area contributed by atoms with Gasteiger partial charge in [-0.1, -0.05) is 24.3 Å². The number of halogens is 1. The lowest BCUT2D eigenvalue weighted by Gasteiger charge is -2.12. The fourth-order valence-electron chi connectivity index (χ4n) is 2.29. The number of nitrogens with zero attached hydrogens (tertiary/aromatic N) is 1. The average molecular weight is 377 g/mol. The fourth-order valence-corrected chi connectivity index (χ4v) is 2.92. The molecular weight excluding hydrogens is 353 g/mol.